The van der Waals surface area contributed by atoms with Gasteiger partial charge in [0.15, 0.2) is 0 Å². The van der Waals surface area contributed by atoms with Gasteiger partial charge in [0.1, 0.15) is 0 Å². The molecule has 3 nitrogen and oxygen atoms in total. The summed E-state index contributed by atoms with van der Waals surface area (Å²) < 4.78 is 0. The lowest BCUT2D eigenvalue weighted by atomic mass is 10.1. The highest BCUT2D eigenvalue weighted by molar-refractivity contribution is 5.66. The molecule has 0 fully saturated rings. The lowest BCUT2D eigenvalue weighted by Gasteiger charge is -1.99. The molecule has 1 aromatic carbocycles. The first-order chi connectivity index (χ1) is 6.72. The van der Waals surface area contributed by atoms with Crippen molar-refractivity contribution >= 4 is 5.97 Å². The molecule has 0 bridgehead atoms. The number of benzene rings is 1. The van der Waals surface area contributed by atoms with Crippen molar-refractivity contribution in [2.45, 2.75) is 19.3 Å². The predicted molar refractivity (Wildman–Crippen MR) is 51.7 cm³/mol. The predicted octanol–water partition coefficient (Wildman–Crippen LogP) is 1.97. The molecule has 0 saturated heterocycles. The van der Waals surface area contributed by atoms with Gasteiger partial charge in [0.05, 0.1) is 11.6 Å². The average Bonchev–Trinajstić information content (AvgIpc) is 2.18. The quantitative estimate of drug-likeness (QED) is 0.787. The van der Waals surface area contributed by atoms with Gasteiger partial charge in [0.25, 0.3) is 0 Å². The number of hydrogen-bond donors (Lipinski definition) is 1. The fourth-order valence-electron chi connectivity index (χ4n) is 1.24. The second-order valence-electron chi connectivity index (χ2n) is 3.06. The molecule has 14 heavy (non-hydrogen) atoms. The number of carboxylic acids is 1. The third-order valence-corrected chi connectivity index (χ3v) is 1.91. The van der Waals surface area contributed by atoms with Gasteiger partial charge in [-0.3, -0.25) is 4.79 Å². The van der Waals surface area contributed by atoms with Gasteiger partial charge < -0.3 is 5.11 Å². The van der Waals surface area contributed by atoms with Gasteiger partial charge in [-0.2, -0.15) is 5.26 Å². The molecular formula is C11H11NO2. The summed E-state index contributed by atoms with van der Waals surface area (Å²) in [4.78, 5) is 10.3. The number of nitriles is 1. The van der Waals surface area contributed by atoms with Gasteiger partial charge in [-0.25, -0.2) is 0 Å². The molecule has 0 aliphatic carbocycles. The van der Waals surface area contributed by atoms with Crippen LogP contribution in [-0.4, -0.2) is 11.1 Å². The zero-order chi connectivity index (χ0) is 10.4. The Morgan fingerprint density at radius 3 is 2.93 bits per heavy atom. The van der Waals surface area contributed by atoms with E-state index in [4.69, 9.17) is 10.4 Å². The summed E-state index contributed by atoms with van der Waals surface area (Å²) >= 11 is 0. The third-order valence-electron chi connectivity index (χ3n) is 1.91. The Hall–Kier alpha value is -1.82. The van der Waals surface area contributed by atoms with Crippen LogP contribution in [0.3, 0.4) is 0 Å². The van der Waals surface area contributed by atoms with E-state index in [0.717, 1.165) is 5.56 Å². The standard InChI is InChI=1S/C11H11NO2/c12-8-10-5-1-3-9(7-10)4-2-6-11(13)14/h1,3,5,7H,2,4,6H2,(H,13,14). The maximum absolute atomic E-state index is 10.3. The van der Waals surface area contributed by atoms with Gasteiger partial charge in [-0.1, -0.05) is 12.1 Å². The van der Waals surface area contributed by atoms with Crippen molar-refractivity contribution < 1.29 is 9.90 Å². The van der Waals surface area contributed by atoms with E-state index in [2.05, 4.69) is 6.07 Å². The van der Waals surface area contributed by atoms with Gasteiger partial charge in [-0.05, 0) is 30.5 Å². The van der Waals surface area contributed by atoms with Crippen LogP contribution in [-0.2, 0) is 11.2 Å². The molecule has 0 unspecified atom stereocenters. The Bertz CT molecular complexity index is 366. The smallest absolute Gasteiger partial charge is 0.303 e. The van der Waals surface area contributed by atoms with E-state index in [9.17, 15) is 4.79 Å². The summed E-state index contributed by atoms with van der Waals surface area (Å²) in [7, 11) is 0. The normalized spacial score (nSPS) is 9.36. The Labute approximate surface area is 82.6 Å². The molecule has 0 heterocycles. The highest BCUT2D eigenvalue weighted by atomic mass is 16.4. The van der Waals surface area contributed by atoms with Crippen molar-refractivity contribution in [3.63, 3.8) is 0 Å². The Morgan fingerprint density at radius 1 is 1.50 bits per heavy atom. The van der Waals surface area contributed by atoms with Crippen molar-refractivity contribution in [2.24, 2.45) is 0 Å². The molecule has 0 amide bonds. The van der Waals surface area contributed by atoms with Crippen LogP contribution in [0, 0.1) is 11.3 Å². The number of hydrogen-bond acceptors (Lipinski definition) is 2. The minimum absolute atomic E-state index is 0.177. The van der Waals surface area contributed by atoms with Crippen molar-refractivity contribution in [2.75, 3.05) is 0 Å². The minimum atomic E-state index is -0.776. The molecule has 72 valence electrons. The molecule has 1 N–H and O–H groups in total. The molecule has 1 aromatic rings. The summed E-state index contributed by atoms with van der Waals surface area (Å²) in [6, 6.07) is 9.30. The summed E-state index contributed by atoms with van der Waals surface area (Å²) in [5.41, 5.74) is 1.64. The van der Waals surface area contributed by atoms with Gasteiger partial charge >= 0.3 is 5.97 Å². The molecule has 0 aliphatic rings. The molecule has 0 aromatic heterocycles. The highest BCUT2D eigenvalue weighted by Crippen LogP contribution is 2.07. The van der Waals surface area contributed by atoms with Crippen LogP contribution in [0.4, 0.5) is 0 Å². The summed E-state index contributed by atoms with van der Waals surface area (Å²) in [5.74, 6) is -0.776. The zero-order valence-electron chi connectivity index (χ0n) is 7.73. The van der Waals surface area contributed by atoms with Crippen LogP contribution in [0.1, 0.15) is 24.0 Å². The second-order valence-corrected chi connectivity index (χ2v) is 3.06. The first kappa shape index (κ1) is 10.3. The van der Waals surface area contributed by atoms with Crippen LogP contribution in [0.25, 0.3) is 0 Å². The lowest BCUT2D eigenvalue weighted by molar-refractivity contribution is -0.137. The van der Waals surface area contributed by atoms with Gasteiger partial charge in [0, 0.05) is 6.42 Å². The SMILES string of the molecule is N#Cc1cccc(CCCC(=O)O)c1. The molecular weight excluding hydrogens is 178 g/mol. The molecule has 0 aliphatic heterocycles. The van der Waals surface area contributed by atoms with Crippen LogP contribution < -0.4 is 0 Å². The topological polar surface area (TPSA) is 61.1 Å². The van der Waals surface area contributed by atoms with E-state index in [1.165, 1.54) is 0 Å². The second kappa shape index (κ2) is 5.03. The number of rotatable bonds is 4. The molecule has 0 atom stereocenters. The maximum atomic E-state index is 10.3. The molecule has 0 spiro atoms. The zero-order valence-corrected chi connectivity index (χ0v) is 7.73. The third kappa shape index (κ3) is 3.28. The number of carboxylic acid groups (broad SMARTS) is 1. The van der Waals surface area contributed by atoms with Gasteiger partial charge in [0.2, 0.25) is 0 Å². The van der Waals surface area contributed by atoms with Crippen LogP contribution in [0.15, 0.2) is 24.3 Å². The molecule has 0 radical (unpaired) electrons. The summed E-state index contributed by atoms with van der Waals surface area (Å²) in [5, 5.41) is 17.1. The van der Waals surface area contributed by atoms with E-state index in [1.54, 1.807) is 12.1 Å². The first-order valence-corrected chi connectivity index (χ1v) is 4.43. The van der Waals surface area contributed by atoms with E-state index in [0.29, 0.717) is 18.4 Å². The van der Waals surface area contributed by atoms with Crippen LogP contribution >= 0.6 is 0 Å². The van der Waals surface area contributed by atoms with E-state index >= 15 is 0 Å². The number of aliphatic carboxylic acids is 1. The van der Waals surface area contributed by atoms with E-state index in [-0.39, 0.29) is 6.42 Å². The monoisotopic (exact) mass is 189 g/mol. The van der Waals surface area contributed by atoms with E-state index < -0.39 is 5.97 Å². The maximum Gasteiger partial charge on any atom is 0.303 e. The molecule has 1 rings (SSSR count). The largest absolute Gasteiger partial charge is 0.481 e. The summed E-state index contributed by atoms with van der Waals surface area (Å²) in [6.45, 7) is 0. The number of nitrogens with zero attached hydrogens (tertiary/aromatic N) is 1. The minimum Gasteiger partial charge on any atom is -0.481 e. The van der Waals surface area contributed by atoms with E-state index in [1.807, 2.05) is 12.1 Å². The van der Waals surface area contributed by atoms with Crippen molar-refractivity contribution in [3.05, 3.63) is 35.4 Å². The van der Waals surface area contributed by atoms with Crippen LogP contribution in [0.5, 0.6) is 0 Å². The fraction of sp³-hybridized carbons (Fsp3) is 0.273. The van der Waals surface area contributed by atoms with Crippen molar-refractivity contribution in [3.8, 4) is 6.07 Å². The first-order valence-electron chi connectivity index (χ1n) is 4.43. The Morgan fingerprint density at radius 2 is 2.29 bits per heavy atom. The Kier molecular flexibility index (Phi) is 3.69. The number of carbonyl (C=O) groups is 1. The van der Waals surface area contributed by atoms with Crippen molar-refractivity contribution in [1.29, 1.82) is 5.26 Å². The molecule has 0 saturated carbocycles. The van der Waals surface area contributed by atoms with Gasteiger partial charge in [-0.15, -0.1) is 0 Å². The lowest BCUT2D eigenvalue weighted by Crippen LogP contribution is -1.95. The fourth-order valence-corrected chi connectivity index (χ4v) is 1.24. The number of aryl methyl sites for hydroxylation is 1. The van der Waals surface area contributed by atoms with Crippen LogP contribution in [0.2, 0.25) is 0 Å². The van der Waals surface area contributed by atoms with Crippen molar-refractivity contribution in [1.82, 2.24) is 0 Å². The summed E-state index contributed by atoms with van der Waals surface area (Å²) in [6.07, 6.45) is 1.50. The molecule has 3 heteroatoms. The Balaban J connectivity index is 2.51. The average molecular weight is 189 g/mol. The highest BCUT2D eigenvalue weighted by Gasteiger charge is 1.98.